The van der Waals surface area contributed by atoms with Crippen molar-refractivity contribution in [3.8, 4) is 11.3 Å². The summed E-state index contributed by atoms with van der Waals surface area (Å²) in [4.78, 5) is 19.1. The molecule has 0 spiro atoms. The van der Waals surface area contributed by atoms with Gasteiger partial charge in [0.1, 0.15) is 23.4 Å². The smallest absolute Gasteiger partial charge is 0.226 e. The van der Waals surface area contributed by atoms with Gasteiger partial charge < -0.3 is 20.0 Å². The average Bonchev–Trinajstić information content (AvgIpc) is 3.49. The zero-order chi connectivity index (χ0) is 24.2. The number of nitrogens with zero attached hydrogens (tertiary/aromatic N) is 2. The highest BCUT2D eigenvalue weighted by Crippen LogP contribution is 2.40. The Bertz CT molecular complexity index is 1310. The highest BCUT2D eigenvalue weighted by molar-refractivity contribution is 7.80. The Morgan fingerprint density at radius 3 is 2.54 bits per heavy atom. The first-order chi connectivity index (χ1) is 17.1. The standard InChI is InChI=1S/C27H23FN4O2S/c28-19-11-9-18(10-12-19)22-13-14-23(34-22)26-25(21-8-4-5-16-29-21)31-27(35)32(26)17-15-24(33)30-20-6-2-1-3-7-20/h1-14,16,25-26H,15,17H2,(H,30,33)(H,31,35)/t25-,26+/m1/s1. The normalized spacial score (nSPS) is 17.3. The minimum Gasteiger partial charge on any atom is -0.459 e. The number of halogens is 1. The molecule has 8 heteroatoms. The van der Waals surface area contributed by atoms with Crippen LogP contribution in [-0.4, -0.2) is 27.4 Å². The summed E-state index contributed by atoms with van der Waals surface area (Å²) in [5.74, 6) is 0.890. The highest BCUT2D eigenvalue weighted by Gasteiger charge is 2.41. The molecule has 1 aliphatic rings. The SMILES string of the molecule is O=C(CCN1C(=S)N[C@H](c2ccccn2)[C@@H]1c1ccc(-c2ccc(F)cc2)o1)Nc1ccccc1. The van der Waals surface area contributed by atoms with Gasteiger partial charge in [-0.2, -0.15) is 0 Å². The summed E-state index contributed by atoms with van der Waals surface area (Å²) in [7, 11) is 0. The number of hydrogen-bond acceptors (Lipinski definition) is 4. The van der Waals surface area contributed by atoms with Crippen molar-refractivity contribution in [2.45, 2.75) is 18.5 Å². The van der Waals surface area contributed by atoms with Crippen LogP contribution in [0.3, 0.4) is 0 Å². The maximum atomic E-state index is 13.4. The van der Waals surface area contributed by atoms with Crippen molar-refractivity contribution in [2.75, 3.05) is 11.9 Å². The molecule has 2 atom stereocenters. The quantitative estimate of drug-likeness (QED) is 0.337. The van der Waals surface area contributed by atoms with Crippen molar-refractivity contribution >= 4 is 28.9 Å². The number of para-hydroxylation sites is 1. The van der Waals surface area contributed by atoms with Crippen molar-refractivity contribution in [3.63, 3.8) is 0 Å². The summed E-state index contributed by atoms with van der Waals surface area (Å²) >= 11 is 5.66. The number of benzene rings is 2. The molecule has 5 rings (SSSR count). The largest absolute Gasteiger partial charge is 0.459 e. The van der Waals surface area contributed by atoms with Crippen molar-refractivity contribution in [1.29, 1.82) is 0 Å². The molecule has 2 N–H and O–H groups in total. The Labute approximate surface area is 207 Å². The van der Waals surface area contributed by atoms with Crippen LogP contribution in [0.4, 0.5) is 10.1 Å². The number of nitrogens with one attached hydrogen (secondary N) is 2. The van der Waals surface area contributed by atoms with E-state index in [4.69, 9.17) is 16.6 Å². The number of aromatic nitrogens is 1. The minimum atomic E-state index is -0.309. The monoisotopic (exact) mass is 486 g/mol. The molecule has 1 amide bonds. The summed E-state index contributed by atoms with van der Waals surface area (Å²) in [6.45, 7) is 0.394. The first-order valence-corrected chi connectivity index (χ1v) is 11.7. The molecular weight excluding hydrogens is 463 g/mol. The van der Waals surface area contributed by atoms with E-state index in [0.717, 1.165) is 16.9 Å². The van der Waals surface area contributed by atoms with Gasteiger partial charge in [0.25, 0.3) is 0 Å². The van der Waals surface area contributed by atoms with Crippen LogP contribution in [-0.2, 0) is 4.79 Å². The van der Waals surface area contributed by atoms with Gasteiger partial charge in [-0.05, 0) is 72.9 Å². The van der Waals surface area contributed by atoms with E-state index in [-0.39, 0.29) is 30.2 Å². The molecule has 4 aromatic rings. The molecule has 35 heavy (non-hydrogen) atoms. The second kappa shape index (κ2) is 10.1. The number of furan rings is 1. The topological polar surface area (TPSA) is 70.4 Å². The fourth-order valence-corrected chi connectivity index (χ4v) is 4.54. The summed E-state index contributed by atoms with van der Waals surface area (Å²) in [6, 6.07) is 24.4. The third kappa shape index (κ3) is 5.07. The Balaban J connectivity index is 1.40. The lowest BCUT2D eigenvalue weighted by Gasteiger charge is -2.25. The average molecular weight is 487 g/mol. The van der Waals surface area contributed by atoms with Crippen LogP contribution in [0.5, 0.6) is 0 Å². The molecule has 6 nitrogen and oxygen atoms in total. The molecule has 2 aromatic heterocycles. The first-order valence-electron chi connectivity index (χ1n) is 11.3. The van der Waals surface area contributed by atoms with E-state index in [2.05, 4.69) is 15.6 Å². The lowest BCUT2D eigenvalue weighted by atomic mass is 10.0. The van der Waals surface area contributed by atoms with Gasteiger partial charge in [0.15, 0.2) is 5.11 Å². The van der Waals surface area contributed by atoms with Crippen molar-refractivity contribution in [3.05, 3.63) is 108 Å². The van der Waals surface area contributed by atoms with E-state index in [0.29, 0.717) is 23.2 Å². The van der Waals surface area contributed by atoms with Gasteiger partial charge in [-0.15, -0.1) is 0 Å². The third-order valence-corrected chi connectivity index (χ3v) is 6.23. The van der Waals surface area contributed by atoms with Crippen LogP contribution in [0, 0.1) is 5.82 Å². The number of thiocarbonyl (C=S) groups is 1. The molecule has 2 aromatic carbocycles. The number of pyridine rings is 1. The predicted octanol–water partition coefficient (Wildman–Crippen LogP) is 5.48. The van der Waals surface area contributed by atoms with Gasteiger partial charge >= 0.3 is 0 Å². The molecule has 1 saturated heterocycles. The number of carbonyl (C=O) groups excluding carboxylic acids is 1. The van der Waals surface area contributed by atoms with E-state index in [1.54, 1.807) is 18.3 Å². The Hall–Kier alpha value is -4.04. The Kier molecular flexibility index (Phi) is 6.54. The molecule has 0 bridgehead atoms. The number of rotatable bonds is 7. The number of anilines is 1. The molecule has 176 valence electrons. The zero-order valence-electron chi connectivity index (χ0n) is 18.7. The molecule has 0 radical (unpaired) electrons. The summed E-state index contributed by atoms with van der Waals surface area (Å²) in [5.41, 5.74) is 2.34. The van der Waals surface area contributed by atoms with E-state index >= 15 is 0 Å². The molecular formula is C27H23FN4O2S. The van der Waals surface area contributed by atoms with Crippen LogP contribution >= 0.6 is 12.2 Å². The van der Waals surface area contributed by atoms with E-state index < -0.39 is 0 Å². The van der Waals surface area contributed by atoms with E-state index in [1.165, 1.54) is 12.1 Å². The van der Waals surface area contributed by atoms with Crippen LogP contribution in [0.15, 0.2) is 95.5 Å². The highest BCUT2D eigenvalue weighted by atomic mass is 32.1. The molecule has 3 heterocycles. The fraction of sp³-hybridized carbons (Fsp3) is 0.148. The van der Waals surface area contributed by atoms with Gasteiger partial charge in [-0.1, -0.05) is 24.3 Å². The van der Waals surface area contributed by atoms with Crippen molar-refractivity contribution in [1.82, 2.24) is 15.2 Å². The molecule has 1 aliphatic heterocycles. The minimum absolute atomic E-state index is 0.106. The lowest BCUT2D eigenvalue weighted by molar-refractivity contribution is -0.116. The second-order valence-electron chi connectivity index (χ2n) is 8.19. The van der Waals surface area contributed by atoms with Gasteiger partial charge in [-0.25, -0.2) is 4.39 Å². The lowest BCUT2D eigenvalue weighted by Crippen LogP contribution is -2.32. The Morgan fingerprint density at radius 2 is 1.80 bits per heavy atom. The first kappa shape index (κ1) is 22.7. The van der Waals surface area contributed by atoms with E-state index in [9.17, 15) is 9.18 Å². The molecule has 0 unspecified atom stereocenters. The second-order valence-corrected chi connectivity index (χ2v) is 8.58. The number of amides is 1. The zero-order valence-corrected chi connectivity index (χ0v) is 19.5. The van der Waals surface area contributed by atoms with E-state index in [1.807, 2.05) is 65.6 Å². The maximum Gasteiger partial charge on any atom is 0.226 e. The van der Waals surface area contributed by atoms with Gasteiger partial charge in [0.05, 0.1) is 11.7 Å². The molecule has 0 aliphatic carbocycles. The maximum absolute atomic E-state index is 13.4. The fourth-order valence-electron chi connectivity index (χ4n) is 4.20. The molecule has 0 saturated carbocycles. The van der Waals surface area contributed by atoms with Crippen LogP contribution in [0.1, 0.15) is 30.0 Å². The third-order valence-electron chi connectivity index (χ3n) is 5.88. The van der Waals surface area contributed by atoms with Crippen LogP contribution in [0.2, 0.25) is 0 Å². The van der Waals surface area contributed by atoms with Gasteiger partial charge in [0, 0.05) is 30.4 Å². The van der Waals surface area contributed by atoms with Crippen molar-refractivity contribution in [2.24, 2.45) is 0 Å². The number of hydrogen-bond donors (Lipinski definition) is 2. The summed E-state index contributed by atoms with van der Waals surface area (Å²) in [5, 5.41) is 6.79. The van der Waals surface area contributed by atoms with Gasteiger partial charge in [-0.3, -0.25) is 9.78 Å². The number of carbonyl (C=O) groups is 1. The molecule has 1 fully saturated rings. The van der Waals surface area contributed by atoms with Crippen LogP contribution < -0.4 is 10.6 Å². The summed E-state index contributed by atoms with van der Waals surface area (Å²) in [6.07, 6.45) is 1.98. The summed E-state index contributed by atoms with van der Waals surface area (Å²) < 4.78 is 19.6. The predicted molar refractivity (Wildman–Crippen MR) is 136 cm³/mol. The van der Waals surface area contributed by atoms with Crippen LogP contribution in [0.25, 0.3) is 11.3 Å². The van der Waals surface area contributed by atoms with Gasteiger partial charge in [0.2, 0.25) is 5.91 Å². The Morgan fingerprint density at radius 1 is 1.03 bits per heavy atom. The van der Waals surface area contributed by atoms with Crippen molar-refractivity contribution < 1.29 is 13.6 Å².